The summed E-state index contributed by atoms with van der Waals surface area (Å²) in [5, 5.41) is 2.86. The van der Waals surface area contributed by atoms with Crippen LogP contribution in [0.2, 0.25) is 0 Å². The van der Waals surface area contributed by atoms with Gasteiger partial charge in [0.2, 0.25) is 0 Å². The Morgan fingerprint density at radius 3 is 2.50 bits per heavy atom. The number of nitrogens with zero attached hydrogens (tertiary/aromatic N) is 2. The molecule has 0 aliphatic heterocycles. The van der Waals surface area contributed by atoms with E-state index in [4.69, 9.17) is 9.47 Å². The summed E-state index contributed by atoms with van der Waals surface area (Å²) in [6.07, 6.45) is 5.29. The highest BCUT2D eigenvalue weighted by Gasteiger charge is 2.16. The lowest BCUT2D eigenvalue weighted by molar-refractivity contribution is 0.102. The molecule has 3 aromatic rings. The summed E-state index contributed by atoms with van der Waals surface area (Å²) in [5.41, 5.74) is 2.06. The number of hydrogen-bond acceptors (Lipinski definition) is 4. The number of rotatable bonds is 5. The first-order valence-electron chi connectivity index (χ1n) is 7.33. The van der Waals surface area contributed by atoms with Crippen LogP contribution >= 0.6 is 0 Å². The largest absolute Gasteiger partial charge is 0.493 e. The minimum atomic E-state index is -0.263. The molecule has 0 bridgehead atoms. The third-order valence-electron chi connectivity index (χ3n) is 3.58. The van der Waals surface area contributed by atoms with Crippen LogP contribution in [-0.2, 0) is 0 Å². The van der Waals surface area contributed by atoms with Crippen molar-refractivity contribution in [2.45, 2.75) is 0 Å². The first-order valence-corrected chi connectivity index (χ1v) is 7.33. The maximum Gasteiger partial charge on any atom is 0.259 e. The van der Waals surface area contributed by atoms with Gasteiger partial charge < -0.3 is 19.4 Å². The van der Waals surface area contributed by atoms with Gasteiger partial charge in [0, 0.05) is 23.8 Å². The molecule has 0 spiro atoms. The van der Waals surface area contributed by atoms with E-state index in [0.717, 1.165) is 5.69 Å². The highest BCUT2D eigenvalue weighted by Crippen LogP contribution is 2.31. The van der Waals surface area contributed by atoms with E-state index in [9.17, 15) is 4.79 Å². The second-order valence-electron chi connectivity index (χ2n) is 5.01. The van der Waals surface area contributed by atoms with Gasteiger partial charge >= 0.3 is 0 Å². The zero-order valence-corrected chi connectivity index (χ0v) is 13.4. The zero-order chi connectivity index (χ0) is 16.9. The van der Waals surface area contributed by atoms with Crippen molar-refractivity contribution in [3.05, 3.63) is 66.7 Å². The number of carbonyl (C=O) groups is 1. The number of nitrogens with one attached hydrogen (secondary N) is 1. The van der Waals surface area contributed by atoms with Gasteiger partial charge in [-0.1, -0.05) is 6.07 Å². The lowest BCUT2D eigenvalue weighted by Crippen LogP contribution is -2.13. The number of carbonyl (C=O) groups excluding carboxylic acids is 1. The SMILES string of the molecule is COc1cccc(C(=O)Nc2ccc(-n3ccnc3)cc2)c1OC. The highest BCUT2D eigenvalue weighted by atomic mass is 16.5. The fraction of sp³-hybridized carbons (Fsp3) is 0.111. The minimum absolute atomic E-state index is 0.263. The number of anilines is 1. The van der Waals surface area contributed by atoms with E-state index in [2.05, 4.69) is 10.3 Å². The average molecular weight is 323 g/mol. The lowest BCUT2D eigenvalue weighted by atomic mass is 10.1. The van der Waals surface area contributed by atoms with E-state index < -0.39 is 0 Å². The van der Waals surface area contributed by atoms with E-state index in [1.165, 1.54) is 14.2 Å². The number of ether oxygens (including phenoxy) is 2. The molecular weight excluding hydrogens is 306 g/mol. The van der Waals surface area contributed by atoms with Gasteiger partial charge in [0.15, 0.2) is 11.5 Å². The number of para-hydroxylation sites is 1. The summed E-state index contributed by atoms with van der Waals surface area (Å²) < 4.78 is 12.4. The van der Waals surface area contributed by atoms with Crippen molar-refractivity contribution in [1.82, 2.24) is 9.55 Å². The zero-order valence-electron chi connectivity index (χ0n) is 13.4. The summed E-state index contributed by atoms with van der Waals surface area (Å²) in [6, 6.07) is 12.7. The first kappa shape index (κ1) is 15.6. The Morgan fingerprint density at radius 1 is 1.08 bits per heavy atom. The average Bonchev–Trinajstić information content (AvgIpc) is 3.16. The molecule has 0 radical (unpaired) electrons. The van der Waals surface area contributed by atoms with Gasteiger partial charge in [-0.2, -0.15) is 0 Å². The van der Waals surface area contributed by atoms with E-state index in [1.54, 1.807) is 30.7 Å². The molecule has 0 aliphatic rings. The quantitative estimate of drug-likeness (QED) is 0.783. The molecule has 1 heterocycles. The molecule has 0 fully saturated rings. The Kier molecular flexibility index (Phi) is 4.47. The Morgan fingerprint density at radius 2 is 1.88 bits per heavy atom. The van der Waals surface area contributed by atoms with Crippen LogP contribution < -0.4 is 14.8 Å². The van der Waals surface area contributed by atoms with Crippen molar-refractivity contribution in [3.8, 4) is 17.2 Å². The topological polar surface area (TPSA) is 65.4 Å². The van der Waals surface area contributed by atoms with Crippen molar-refractivity contribution in [3.63, 3.8) is 0 Å². The van der Waals surface area contributed by atoms with Crippen molar-refractivity contribution >= 4 is 11.6 Å². The van der Waals surface area contributed by atoms with Crippen LogP contribution in [0.4, 0.5) is 5.69 Å². The Labute approximate surface area is 139 Å². The van der Waals surface area contributed by atoms with E-state index >= 15 is 0 Å². The number of amides is 1. The number of aromatic nitrogens is 2. The van der Waals surface area contributed by atoms with Gasteiger partial charge in [0.05, 0.1) is 26.1 Å². The predicted octanol–water partition coefficient (Wildman–Crippen LogP) is 3.14. The van der Waals surface area contributed by atoms with E-state index in [-0.39, 0.29) is 5.91 Å². The third-order valence-corrected chi connectivity index (χ3v) is 3.58. The third kappa shape index (κ3) is 3.08. The smallest absolute Gasteiger partial charge is 0.259 e. The van der Waals surface area contributed by atoms with Crippen molar-refractivity contribution in [2.75, 3.05) is 19.5 Å². The molecule has 24 heavy (non-hydrogen) atoms. The van der Waals surface area contributed by atoms with Gasteiger partial charge in [-0.15, -0.1) is 0 Å². The minimum Gasteiger partial charge on any atom is -0.493 e. The Hall–Kier alpha value is -3.28. The van der Waals surface area contributed by atoms with Gasteiger partial charge in [-0.25, -0.2) is 4.98 Å². The van der Waals surface area contributed by atoms with Crippen LogP contribution in [0.15, 0.2) is 61.2 Å². The van der Waals surface area contributed by atoms with Crippen LogP contribution in [0.5, 0.6) is 11.5 Å². The van der Waals surface area contributed by atoms with Crippen molar-refractivity contribution < 1.29 is 14.3 Å². The molecule has 3 rings (SSSR count). The lowest BCUT2D eigenvalue weighted by Gasteiger charge is -2.13. The Bertz CT molecular complexity index is 827. The fourth-order valence-electron chi connectivity index (χ4n) is 2.39. The second kappa shape index (κ2) is 6.87. The first-order chi connectivity index (χ1) is 11.7. The van der Waals surface area contributed by atoms with Crippen LogP contribution in [0.3, 0.4) is 0 Å². The molecule has 0 unspecified atom stereocenters. The monoisotopic (exact) mass is 323 g/mol. The van der Waals surface area contributed by atoms with Gasteiger partial charge in [-0.3, -0.25) is 4.79 Å². The van der Waals surface area contributed by atoms with E-state index in [0.29, 0.717) is 22.7 Å². The molecule has 122 valence electrons. The maximum atomic E-state index is 12.5. The number of methoxy groups -OCH3 is 2. The summed E-state index contributed by atoms with van der Waals surface area (Å²) in [5.74, 6) is 0.661. The number of benzene rings is 2. The molecular formula is C18H17N3O3. The normalized spacial score (nSPS) is 10.2. The number of hydrogen-bond donors (Lipinski definition) is 1. The standard InChI is InChI=1S/C18H17N3O3/c1-23-16-5-3-4-15(17(16)24-2)18(22)20-13-6-8-14(9-7-13)21-11-10-19-12-21/h3-12H,1-2H3,(H,20,22). The molecule has 0 saturated carbocycles. The van der Waals surface area contributed by atoms with Crippen LogP contribution in [0.1, 0.15) is 10.4 Å². The Balaban J connectivity index is 1.80. The second-order valence-corrected chi connectivity index (χ2v) is 5.01. The number of imidazole rings is 1. The molecule has 0 saturated heterocycles. The van der Waals surface area contributed by atoms with Gasteiger partial charge in [0.1, 0.15) is 0 Å². The van der Waals surface area contributed by atoms with Gasteiger partial charge in [0.25, 0.3) is 5.91 Å². The predicted molar refractivity (Wildman–Crippen MR) is 91.1 cm³/mol. The highest BCUT2D eigenvalue weighted by molar-refractivity contribution is 6.06. The van der Waals surface area contributed by atoms with Gasteiger partial charge in [-0.05, 0) is 36.4 Å². The van der Waals surface area contributed by atoms with Crippen LogP contribution in [0, 0.1) is 0 Å². The van der Waals surface area contributed by atoms with E-state index in [1.807, 2.05) is 35.0 Å². The van der Waals surface area contributed by atoms with Crippen molar-refractivity contribution in [1.29, 1.82) is 0 Å². The molecule has 6 heteroatoms. The fourth-order valence-corrected chi connectivity index (χ4v) is 2.39. The molecule has 1 aromatic heterocycles. The van der Waals surface area contributed by atoms with Crippen LogP contribution in [-0.4, -0.2) is 29.7 Å². The van der Waals surface area contributed by atoms with Crippen LogP contribution in [0.25, 0.3) is 5.69 Å². The molecule has 0 aliphatic carbocycles. The maximum absolute atomic E-state index is 12.5. The molecule has 1 amide bonds. The molecule has 6 nitrogen and oxygen atoms in total. The molecule has 0 atom stereocenters. The summed E-state index contributed by atoms with van der Waals surface area (Å²) in [6.45, 7) is 0. The van der Waals surface area contributed by atoms with Crippen molar-refractivity contribution in [2.24, 2.45) is 0 Å². The molecule has 1 N–H and O–H groups in total. The summed E-state index contributed by atoms with van der Waals surface area (Å²) in [7, 11) is 3.04. The molecule has 2 aromatic carbocycles. The summed E-state index contributed by atoms with van der Waals surface area (Å²) >= 11 is 0. The summed E-state index contributed by atoms with van der Waals surface area (Å²) in [4.78, 5) is 16.5.